The van der Waals surface area contributed by atoms with Gasteiger partial charge in [0.05, 0.1) is 6.04 Å². The molecule has 0 bridgehead atoms. The molecular weight excluding hydrogens is 659 g/mol. The summed E-state index contributed by atoms with van der Waals surface area (Å²) in [5.41, 5.74) is 21.1. The molecule has 0 heterocycles. The average molecular weight is 706 g/mol. The lowest BCUT2D eigenvalue weighted by Crippen LogP contribution is -2.29. The van der Waals surface area contributed by atoms with E-state index >= 15 is 0 Å². The summed E-state index contributed by atoms with van der Waals surface area (Å²) in [4.78, 5) is 5.48. The number of benzene rings is 6. The van der Waals surface area contributed by atoms with E-state index in [1.54, 1.807) is 0 Å². The first kappa shape index (κ1) is 36.9. The van der Waals surface area contributed by atoms with Crippen LogP contribution in [0.25, 0.3) is 22.3 Å². The Balaban J connectivity index is 1.48. The van der Waals surface area contributed by atoms with Crippen molar-refractivity contribution in [3.05, 3.63) is 191 Å². The van der Waals surface area contributed by atoms with Crippen molar-refractivity contribution in [1.29, 1.82) is 0 Å². The molecule has 3 N–H and O–H groups in total. The summed E-state index contributed by atoms with van der Waals surface area (Å²) in [6.07, 6.45) is 0. The standard InChI is InChI=1S/C49H47N3Si/c1-36(42-13-8-6-9-14-42)51-49(52-37(2)43-15-10-7-11-16-43)48-46(17-12-18-47(48)45-31-27-40(28-32-45)33-34-53(3,4)5)44-29-25-39(26-30-44)20-19-38-21-23-41(35-50)24-22-38/h6-18,21-32,36-37H,35,50H2,1-5H3,(H,51,52)/t36-,37?/m1/s1. The molecule has 4 heteroatoms. The van der Waals surface area contributed by atoms with Crippen LogP contribution in [0.4, 0.5) is 0 Å². The lowest BCUT2D eigenvalue weighted by Gasteiger charge is -2.24. The van der Waals surface area contributed by atoms with Gasteiger partial charge in [0.25, 0.3) is 0 Å². The summed E-state index contributed by atoms with van der Waals surface area (Å²) in [6, 6.07) is 52.8. The van der Waals surface area contributed by atoms with Crippen LogP contribution in [-0.2, 0) is 6.54 Å². The van der Waals surface area contributed by atoms with E-state index in [0.29, 0.717) is 6.54 Å². The third kappa shape index (κ3) is 9.91. The van der Waals surface area contributed by atoms with Crippen LogP contribution in [0.2, 0.25) is 19.6 Å². The van der Waals surface area contributed by atoms with E-state index in [1.807, 2.05) is 30.3 Å². The first-order chi connectivity index (χ1) is 25.7. The highest BCUT2D eigenvalue weighted by Crippen LogP contribution is 2.35. The Kier molecular flexibility index (Phi) is 11.9. The number of nitrogens with two attached hydrogens (primary N) is 1. The Morgan fingerprint density at radius 1 is 0.585 bits per heavy atom. The van der Waals surface area contributed by atoms with Gasteiger partial charge in [0.1, 0.15) is 13.9 Å². The Morgan fingerprint density at radius 3 is 1.55 bits per heavy atom. The van der Waals surface area contributed by atoms with Gasteiger partial charge < -0.3 is 11.1 Å². The Bertz CT molecular complexity index is 2280. The van der Waals surface area contributed by atoms with Gasteiger partial charge in [-0.15, -0.1) is 5.54 Å². The van der Waals surface area contributed by atoms with Gasteiger partial charge in [0.2, 0.25) is 0 Å². The zero-order valence-corrected chi connectivity index (χ0v) is 32.3. The Morgan fingerprint density at radius 2 is 1.06 bits per heavy atom. The van der Waals surface area contributed by atoms with E-state index < -0.39 is 8.07 Å². The molecule has 53 heavy (non-hydrogen) atoms. The minimum Gasteiger partial charge on any atom is -0.363 e. The number of rotatable bonds is 8. The Labute approximate surface area is 317 Å². The summed E-state index contributed by atoms with van der Waals surface area (Å²) in [7, 11) is -1.50. The maximum atomic E-state index is 5.78. The second-order valence-corrected chi connectivity index (χ2v) is 19.1. The van der Waals surface area contributed by atoms with Crippen LogP contribution < -0.4 is 11.1 Å². The van der Waals surface area contributed by atoms with Crippen molar-refractivity contribution in [1.82, 2.24) is 5.32 Å². The van der Waals surface area contributed by atoms with E-state index in [9.17, 15) is 0 Å². The molecule has 0 aliphatic heterocycles. The third-order valence-electron chi connectivity index (χ3n) is 9.07. The smallest absolute Gasteiger partial charge is 0.130 e. The zero-order chi connectivity index (χ0) is 37.2. The molecule has 0 fully saturated rings. The number of aliphatic imine (C=N–C) groups is 1. The minimum absolute atomic E-state index is 0.00890. The van der Waals surface area contributed by atoms with E-state index in [-0.39, 0.29) is 12.1 Å². The van der Waals surface area contributed by atoms with Crippen molar-refractivity contribution in [2.45, 2.75) is 52.1 Å². The van der Waals surface area contributed by atoms with Crippen molar-refractivity contribution in [3.8, 4) is 45.6 Å². The zero-order valence-electron chi connectivity index (χ0n) is 31.3. The second kappa shape index (κ2) is 17.1. The third-order valence-corrected chi connectivity index (χ3v) is 9.95. The van der Waals surface area contributed by atoms with Gasteiger partial charge in [-0.05, 0) is 89.2 Å². The highest BCUT2D eigenvalue weighted by atomic mass is 28.3. The molecule has 6 aromatic rings. The van der Waals surface area contributed by atoms with Gasteiger partial charge in [-0.1, -0.05) is 153 Å². The van der Waals surface area contributed by atoms with Crippen LogP contribution >= 0.6 is 0 Å². The SMILES string of the molecule is CC(NC(=N[C@H](C)c1ccccc1)c1c(-c2ccc(C#Cc3ccc(CN)cc3)cc2)cccc1-c1ccc(C#C[Si](C)(C)C)cc1)c1ccccc1. The summed E-state index contributed by atoms with van der Waals surface area (Å²) in [5.74, 6) is 10.9. The first-order valence-electron chi connectivity index (χ1n) is 18.3. The molecule has 0 aliphatic rings. The number of amidine groups is 1. The molecular formula is C49H47N3Si. The molecule has 0 aliphatic carbocycles. The molecule has 1 unspecified atom stereocenters. The molecule has 262 valence electrons. The van der Waals surface area contributed by atoms with Crippen molar-refractivity contribution in [2.75, 3.05) is 0 Å². The molecule has 0 saturated carbocycles. The molecule has 0 spiro atoms. The van der Waals surface area contributed by atoms with Gasteiger partial charge in [-0.2, -0.15) is 0 Å². The first-order valence-corrected chi connectivity index (χ1v) is 21.8. The monoisotopic (exact) mass is 705 g/mol. The molecule has 6 aromatic carbocycles. The van der Waals surface area contributed by atoms with Gasteiger partial charge in [0, 0.05) is 34.8 Å². The van der Waals surface area contributed by atoms with Crippen LogP contribution in [-0.4, -0.2) is 13.9 Å². The maximum Gasteiger partial charge on any atom is 0.130 e. The number of nitrogens with one attached hydrogen (secondary N) is 1. The van der Waals surface area contributed by atoms with Crippen molar-refractivity contribution >= 4 is 13.9 Å². The van der Waals surface area contributed by atoms with E-state index in [2.05, 4.69) is 183 Å². The fourth-order valence-electron chi connectivity index (χ4n) is 6.09. The van der Waals surface area contributed by atoms with E-state index in [0.717, 1.165) is 61.5 Å². The summed E-state index contributed by atoms with van der Waals surface area (Å²) in [6.45, 7) is 11.7. The normalized spacial score (nSPS) is 12.5. The maximum absolute atomic E-state index is 5.78. The Hall–Kier alpha value is -5.91. The molecule has 2 atom stereocenters. The second-order valence-electron chi connectivity index (χ2n) is 14.4. The number of hydrogen-bond donors (Lipinski definition) is 2. The van der Waals surface area contributed by atoms with Crippen LogP contribution in [0.3, 0.4) is 0 Å². The quantitative estimate of drug-likeness (QED) is 0.0717. The highest BCUT2D eigenvalue weighted by molar-refractivity contribution is 6.83. The van der Waals surface area contributed by atoms with E-state index in [1.165, 1.54) is 5.56 Å². The fourth-order valence-corrected chi connectivity index (χ4v) is 6.61. The predicted octanol–water partition coefficient (Wildman–Crippen LogP) is 11.0. The van der Waals surface area contributed by atoms with Gasteiger partial charge in [-0.3, -0.25) is 4.99 Å². The molecule has 0 radical (unpaired) electrons. The van der Waals surface area contributed by atoms with Crippen molar-refractivity contribution < 1.29 is 0 Å². The van der Waals surface area contributed by atoms with Crippen LogP contribution in [0.1, 0.15) is 64.9 Å². The highest BCUT2D eigenvalue weighted by Gasteiger charge is 2.21. The molecule has 6 rings (SSSR count). The lowest BCUT2D eigenvalue weighted by atomic mass is 9.89. The van der Waals surface area contributed by atoms with Crippen LogP contribution in [0.5, 0.6) is 0 Å². The molecule has 0 amide bonds. The van der Waals surface area contributed by atoms with Crippen molar-refractivity contribution in [2.24, 2.45) is 10.7 Å². The average Bonchev–Trinajstić information content (AvgIpc) is 3.19. The largest absolute Gasteiger partial charge is 0.363 e. The fraction of sp³-hybridized carbons (Fsp3) is 0.163. The summed E-state index contributed by atoms with van der Waals surface area (Å²) in [5, 5.41) is 3.88. The molecule has 3 nitrogen and oxygen atoms in total. The van der Waals surface area contributed by atoms with Crippen LogP contribution in [0, 0.1) is 23.3 Å². The number of nitrogens with zero attached hydrogens (tertiary/aromatic N) is 1. The van der Waals surface area contributed by atoms with Gasteiger partial charge in [0.15, 0.2) is 0 Å². The lowest BCUT2D eigenvalue weighted by molar-refractivity contribution is 0.703. The predicted molar refractivity (Wildman–Crippen MR) is 227 cm³/mol. The minimum atomic E-state index is -1.50. The van der Waals surface area contributed by atoms with Gasteiger partial charge >= 0.3 is 0 Å². The topological polar surface area (TPSA) is 50.4 Å². The van der Waals surface area contributed by atoms with Crippen molar-refractivity contribution in [3.63, 3.8) is 0 Å². The number of hydrogen-bond acceptors (Lipinski definition) is 2. The summed E-state index contributed by atoms with van der Waals surface area (Å²) >= 11 is 0. The molecule has 0 saturated heterocycles. The summed E-state index contributed by atoms with van der Waals surface area (Å²) < 4.78 is 0. The van der Waals surface area contributed by atoms with E-state index in [4.69, 9.17) is 10.7 Å². The van der Waals surface area contributed by atoms with Crippen LogP contribution in [0.15, 0.2) is 157 Å². The van der Waals surface area contributed by atoms with Gasteiger partial charge in [-0.25, -0.2) is 0 Å². The molecule has 0 aromatic heterocycles.